The molecule has 3 N–H and O–H groups in total. The maximum Gasteiger partial charge on any atom is 0.165 e. The summed E-state index contributed by atoms with van der Waals surface area (Å²) in [4.78, 5) is 17.7. The Bertz CT molecular complexity index is 1150. The third kappa shape index (κ3) is 3.47. The Morgan fingerprint density at radius 1 is 1.13 bits per heavy atom. The van der Waals surface area contributed by atoms with Gasteiger partial charge in [0.2, 0.25) is 0 Å². The van der Waals surface area contributed by atoms with E-state index in [-0.39, 0.29) is 6.61 Å². The zero-order chi connectivity index (χ0) is 20.7. The Balaban J connectivity index is 1.33. The Morgan fingerprint density at radius 3 is 2.80 bits per heavy atom. The molecule has 1 aliphatic heterocycles. The molecule has 0 amide bonds. The summed E-state index contributed by atoms with van der Waals surface area (Å²) in [5, 5.41) is 29.6. The van der Waals surface area contributed by atoms with E-state index in [2.05, 4.69) is 26.0 Å². The summed E-state index contributed by atoms with van der Waals surface area (Å²) in [7, 11) is 0. The second kappa shape index (κ2) is 8.17. The predicted octanol–water partition coefficient (Wildman–Crippen LogP) is 1.38. The van der Waals surface area contributed by atoms with Crippen molar-refractivity contribution in [2.45, 2.75) is 35.3 Å². The molecule has 0 saturated carbocycles. The minimum Gasteiger partial charge on any atom is -0.394 e. The molecule has 9 nitrogen and oxygen atoms in total. The first-order chi connectivity index (χ1) is 14.7. The smallest absolute Gasteiger partial charge is 0.165 e. The largest absolute Gasteiger partial charge is 0.394 e. The lowest BCUT2D eigenvalue weighted by Crippen LogP contribution is -2.33. The number of ether oxygens (including phenoxy) is 1. The first-order valence-electron chi connectivity index (χ1n) is 9.43. The van der Waals surface area contributed by atoms with Gasteiger partial charge in [-0.25, -0.2) is 19.9 Å². The lowest BCUT2D eigenvalue weighted by molar-refractivity contribution is -0.0511. The van der Waals surface area contributed by atoms with E-state index in [1.807, 2.05) is 18.2 Å². The van der Waals surface area contributed by atoms with Crippen LogP contribution in [0.15, 0.2) is 41.3 Å². The van der Waals surface area contributed by atoms with Gasteiger partial charge in [-0.05, 0) is 12.1 Å². The SMILES string of the molecule is OC[C@H]1O[C@@H](n2cnc3c(CCSc4nc5ccccc5s4)ncnc32)[C@H](O)[C@@H]1O. The van der Waals surface area contributed by atoms with Gasteiger partial charge < -0.3 is 20.1 Å². The second-order valence-corrected chi connectivity index (χ2v) is 9.29. The first kappa shape index (κ1) is 19.8. The van der Waals surface area contributed by atoms with Crippen molar-refractivity contribution in [2.75, 3.05) is 12.4 Å². The van der Waals surface area contributed by atoms with Crippen molar-refractivity contribution >= 4 is 44.5 Å². The summed E-state index contributed by atoms with van der Waals surface area (Å²) < 4.78 is 9.35. The van der Waals surface area contributed by atoms with Crippen molar-refractivity contribution in [3.8, 4) is 0 Å². The van der Waals surface area contributed by atoms with Gasteiger partial charge in [-0.3, -0.25) is 4.57 Å². The lowest BCUT2D eigenvalue weighted by Gasteiger charge is -2.16. The van der Waals surface area contributed by atoms with Crippen molar-refractivity contribution in [3.63, 3.8) is 0 Å². The summed E-state index contributed by atoms with van der Waals surface area (Å²) in [6.45, 7) is -0.384. The molecule has 0 bridgehead atoms. The third-order valence-electron chi connectivity index (χ3n) is 5.06. The van der Waals surface area contributed by atoms with Gasteiger partial charge in [0.1, 0.15) is 30.2 Å². The average molecular weight is 446 g/mol. The van der Waals surface area contributed by atoms with Crippen molar-refractivity contribution in [3.05, 3.63) is 42.6 Å². The predicted molar refractivity (Wildman–Crippen MR) is 112 cm³/mol. The molecule has 5 rings (SSSR count). The summed E-state index contributed by atoms with van der Waals surface area (Å²) in [6.07, 6.45) is -0.441. The lowest BCUT2D eigenvalue weighted by atomic mass is 10.1. The Kier molecular flexibility index (Phi) is 5.39. The van der Waals surface area contributed by atoms with Crippen LogP contribution in [0.1, 0.15) is 11.9 Å². The topological polar surface area (TPSA) is 126 Å². The molecule has 0 aliphatic carbocycles. The number of aromatic nitrogens is 5. The fourth-order valence-electron chi connectivity index (χ4n) is 3.53. The number of rotatable bonds is 6. The molecule has 3 aromatic heterocycles. The molecule has 1 saturated heterocycles. The number of hydrogen-bond donors (Lipinski definition) is 3. The van der Waals surface area contributed by atoms with Crippen LogP contribution >= 0.6 is 23.1 Å². The molecular weight excluding hydrogens is 426 g/mol. The number of aliphatic hydroxyl groups excluding tert-OH is 3. The molecular formula is C19H19N5O4S2. The number of para-hydroxylation sites is 1. The molecule has 0 spiro atoms. The van der Waals surface area contributed by atoms with Crippen LogP contribution in [0.4, 0.5) is 0 Å². The van der Waals surface area contributed by atoms with Crippen LogP contribution < -0.4 is 0 Å². The second-order valence-electron chi connectivity index (χ2n) is 6.92. The molecule has 156 valence electrons. The monoisotopic (exact) mass is 445 g/mol. The van der Waals surface area contributed by atoms with E-state index >= 15 is 0 Å². The van der Waals surface area contributed by atoms with Crippen LogP contribution in [0.2, 0.25) is 0 Å². The number of thioether (sulfide) groups is 1. The van der Waals surface area contributed by atoms with Crippen molar-refractivity contribution in [2.24, 2.45) is 0 Å². The number of fused-ring (bicyclic) bond motifs is 2. The molecule has 0 radical (unpaired) electrons. The molecule has 0 unspecified atom stereocenters. The Labute approximate surface area is 179 Å². The number of benzene rings is 1. The highest BCUT2D eigenvalue weighted by molar-refractivity contribution is 8.01. The highest BCUT2D eigenvalue weighted by atomic mass is 32.2. The Morgan fingerprint density at radius 2 is 2.00 bits per heavy atom. The summed E-state index contributed by atoms with van der Waals surface area (Å²) in [5.41, 5.74) is 2.94. The summed E-state index contributed by atoms with van der Waals surface area (Å²) >= 11 is 3.34. The van der Waals surface area contributed by atoms with Crippen LogP contribution in [-0.4, -0.2) is 70.5 Å². The standard InChI is InChI=1S/C19H19N5O4S2/c25-7-12-15(26)16(27)18(28-12)24-9-22-14-11(20-8-21-17(14)24)5-6-29-19-23-10-3-1-2-4-13(10)30-19/h1-4,8-9,12,15-16,18,25-27H,5-7H2/t12-,15-,16-,18-/m1/s1. The molecule has 30 heavy (non-hydrogen) atoms. The fraction of sp³-hybridized carbons (Fsp3) is 0.368. The van der Waals surface area contributed by atoms with Gasteiger partial charge in [0.25, 0.3) is 0 Å². The number of aliphatic hydroxyl groups is 3. The number of nitrogens with zero attached hydrogens (tertiary/aromatic N) is 5. The van der Waals surface area contributed by atoms with Gasteiger partial charge in [-0.2, -0.15) is 0 Å². The number of hydrogen-bond acceptors (Lipinski definition) is 10. The maximum absolute atomic E-state index is 10.3. The van der Waals surface area contributed by atoms with Gasteiger partial charge in [-0.1, -0.05) is 23.9 Å². The van der Waals surface area contributed by atoms with Crippen molar-refractivity contribution in [1.29, 1.82) is 0 Å². The van der Waals surface area contributed by atoms with E-state index in [0.29, 0.717) is 17.6 Å². The zero-order valence-electron chi connectivity index (χ0n) is 15.7. The van der Waals surface area contributed by atoms with Crippen molar-refractivity contribution in [1.82, 2.24) is 24.5 Å². The van der Waals surface area contributed by atoms with Gasteiger partial charge in [-0.15, -0.1) is 11.3 Å². The highest BCUT2D eigenvalue weighted by Gasteiger charge is 2.44. The number of aryl methyl sites for hydroxylation is 1. The highest BCUT2D eigenvalue weighted by Crippen LogP contribution is 2.32. The van der Waals surface area contributed by atoms with E-state index in [4.69, 9.17) is 4.74 Å². The van der Waals surface area contributed by atoms with Crippen LogP contribution in [0.25, 0.3) is 21.4 Å². The summed E-state index contributed by atoms with van der Waals surface area (Å²) in [5.74, 6) is 0.784. The zero-order valence-corrected chi connectivity index (χ0v) is 17.3. The molecule has 11 heteroatoms. The number of imidazole rings is 1. The van der Waals surface area contributed by atoms with E-state index in [1.54, 1.807) is 27.7 Å². The van der Waals surface area contributed by atoms with E-state index in [0.717, 1.165) is 21.3 Å². The quantitative estimate of drug-likeness (QED) is 0.377. The Hall–Kier alpha value is -2.15. The van der Waals surface area contributed by atoms with Crippen LogP contribution in [-0.2, 0) is 11.2 Å². The number of thiazole rings is 1. The molecule has 1 aliphatic rings. The normalized spacial score (nSPS) is 24.2. The van der Waals surface area contributed by atoms with E-state index in [9.17, 15) is 15.3 Å². The van der Waals surface area contributed by atoms with E-state index < -0.39 is 24.5 Å². The molecule has 4 aromatic rings. The van der Waals surface area contributed by atoms with Crippen LogP contribution in [0.3, 0.4) is 0 Å². The van der Waals surface area contributed by atoms with Crippen LogP contribution in [0.5, 0.6) is 0 Å². The molecule has 4 heterocycles. The first-order valence-corrected chi connectivity index (χ1v) is 11.2. The fourth-order valence-corrected chi connectivity index (χ4v) is 5.61. The van der Waals surface area contributed by atoms with Crippen LogP contribution in [0, 0.1) is 0 Å². The van der Waals surface area contributed by atoms with Gasteiger partial charge in [0.15, 0.2) is 16.2 Å². The minimum atomic E-state index is -1.19. The van der Waals surface area contributed by atoms with Gasteiger partial charge in [0.05, 0.1) is 28.8 Å². The molecule has 4 atom stereocenters. The third-order valence-corrected chi connectivity index (χ3v) is 7.25. The maximum atomic E-state index is 10.3. The average Bonchev–Trinajstić information content (AvgIpc) is 3.44. The minimum absolute atomic E-state index is 0.384. The van der Waals surface area contributed by atoms with Crippen molar-refractivity contribution < 1.29 is 20.1 Å². The summed E-state index contributed by atoms with van der Waals surface area (Å²) in [6, 6.07) is 8.07. The van der Waals surface area contributed by atoms with E-state index in [1.165, 1.54) is 17.4 Å². The molecule has 1 aromatic carbocycles. The van der Waals surface area contributed by atoms with Gasteiger partial charge >= 0.3 is 0 Å². The van der Waals surface area contributed by atoms with Gasteiger partial charge in [0, 0.05) is 12.2 Å². The molecule has 1 fully saturated rings.